The van der Waals surface area contributed by atoms with E-state index in [4.69, 9.17) is 10.5 Å². The number of nitrogens with zero attached hydrogens (tertiary/aromatic N) is 2. The van der Waals surface area contributed by atoms with Crippen molar-refractivity contribution in [3.63, 3.8) is 0 Å². The lowest BCUT2D eigenvalue weighted by atomic mass is 9.97. The van der Waals surface area contributed by atoms with Gasteiger partial charge in [0.15, 0.2) is 6.23 Å². The molecule has 0 aliphatic rings. The number of ether oxygens (including phenoxy) is 1. The molecule has 2 atom stereocenters. The predicted molar refractivity (Wildman–Crippen MR) is 107 cm³/mol. The third kappa shape index (κ3) is 4.70. The number of aromatic nitrogens is 2. The summed E-state index contributed by atoms with van der Waals surface area (Å²) in [6.45, 7) is 5.95. The Bertz CT molecular complexity index is 1040. The molecule has 0 amide bonds. The highest BCUT2D eigenvalue weighted by Gasteiger charge is 2.23. The largest absolute Gasteiger partial charge is 0.458 e. The van der Waals surface area contributed by atoms with Gasteiger partial charge in [0.05, 0.1) is 11.1 Å². The Morgan fingerprint density at radius 2 is 1.80 bits per heavy atom. The van der Waals surface area contributed by atoms with Gasteiger partial charge < -0.3 is 4.74 Å². The summed E-state index contributed by atoms with van der Waals surface area (Å²) < 4.78 is 60.9. The maximum atomic E-state index is 14.4. The lowest BCUT2D eigenvalue weighted by Crippen LogP contribution is -2.35. The fourth-order valence-electron chi connectivity index (χ4n) is 3.44. The number of benzene rings is 1. The van der Waals surface area contributed by atoms with Crippen LogP contribution >= 0.6 is 0 Å². The van der Waals surface area contributed by atoms with Crippen LogP contribution in [-0.2, 0) is 0 Å². The van der Waals surface area contributed by atoms with Crippen molar-refractivity contribution in [3.8, 4) is 17.0 Å². The first-order valence-corrected chi connectivity index (χ1v) is 9.61. The number of fused-ring (bicyclic) bond motifs is 1. The van der Waals surface area contributed by atoms with Crippen molar-refractivity contribution in [3.05, 3.63) is 53.9 Å². The standard InChI is InChI=1S/C22H23F4N3O/c1-11(2)6-12(3)21(27)30-22-16(20(25)26)7-13(10-29-22)15-4-5-28-18-9-14(23)8-17(24)19(15)18/h4-5,7-12,20-21H,6,27H2,1-3H3/t12?,21-/m0/s1. The van der Waals surface area contributed by atoms with Gasteiger partial charge in [-0.15, -0.1) is 0 Å². The molecule has 3 rings (SSSR count). The van der Waals surface area contributed by atoms with Crippen LogP contribution in [0.15, 0.2) is 36.7 Å². The second-order valence-corrected chi connectivity index (χ2v) is 7.75. The van der Waals surface area contributed by atoms with E-state index < -0.39 is 29.9 Å². The monoisotopic (exact) mass is 421 g/mol. The van der Waals surface area contributed by atoms with Crippen molar-refractivity contribution in [2.24, 2.45) is 17.6 Å². The molecule has 0 radical (unpaired) electrons. The second kappa shape index (κ2) is 8.95. The molecule has 160 valence electrons. The van der Waals surface area contributed by atoms with Gasteiger partial charge in [0.1, 0.15) is 11.6 Å². The van der Waals surface area contributed by atoms with Crippen molar-refractivity contribution in [2.45, 2.75) is 39.8 Å². The normalized spacial score (nSPS) is 13.8. The van der Waals surface area contributed by atoms with Crippen LogP contribution in [0.5, 0.6) is 5.88 Å². The molecule has 1 aromatic carbocycles. The molecule has 2 N–H and O–H groups in total. The quantitative estimate of drug-likeness (QED) is 0.384. The first kappa shape index (κ1) is 22.0. The Hall–Kier alpha value is -2.74. The van der Waals surface area contributed by atoms with Gasteiger partial charge >= 0.3 is 0 Å². The molecule has 0 saturated carbocycles. The van der Waals surface area contributed by atoms with E-state index >= 15 is 0 Å². The smallest absolute Gasteiger partial charge is 0.269 e. The molecular weight excluding hydrogens is 398 g/mol. The molecule has 0 spiro atoms. The molecule has 30 heavy (non-hydrogen) atoms. The fourth-order valence-corrected chi connectivity index (χ4v) is 3.44. The number of hydrogen-bond acceptors (Lipinski definition) is 4. The number of hydrogen-bond donors (Lipinski definition) is 1. The average molecular weight is 421 g/mol. The van der Waals surface area contributed by atoms with Crippen LogP contribution in [0, 0.1) is 23.5 Å². The summed E-state index contributed by atoms with van der Waals surface area (Å²) >= 11 is 0. The third-order valence-electron chi connectivity index (χ3n) is 4.84. The first-order chi connectivity index (χ1) is 14.2. The molecule has 1 unspecified atom stereocenters. The molecular formula is C22H23F4N3O. The minimum atomic E-state index is -2.88. The van der Waals surface area contributed by atoms with E-state index in [0.717, 1.165) is 18.6 Å². The molecule has 2 aromatic heterocycles. The molecule has 4 nitrogen and oxygen atoms in total. The Balaban J connectivity index is 2.02. The second-order valence-electron chi connectivity index (χ2n) is 7.75. The molecule has 0 fully saturated rings. The summed E-state index contributed by atoms with van der Waals surface area (Å²) in [5.41, 5.74) is 6.16. The molecule has 3 aromatic rings. The lowest BCUT2D eigenvalue weighted by molar-refractivity contribution is 0.109. The van der Waals surface area contributed by atoms with E-state index in [9.17, 15) is 17.6 Å². The van der Waals surface area contributed by atoms with Crippen molar-refractivity contribution >= 4 is 10.9 Å². The Morgan fingerprint density at radius 1 is 1.07 bits per heavy atom. The molecule has 0 aliphatic carbocycles. The minimum Gasteiger partial charge on any atom is -0.458 e. The zero-order valence-electron chi connectivity index (χ0n) is 16.9. The number of halogens is 4. The Labute approximate surface area is 172 Å². The molecule has 2 heterocycles. The highest BCUT2D eigenvalue weighted by Crippen LogP contribution is 2.35. The summed E-state index contributed by atoms with van der Waals surface area (Å²) in [6.07, 6.45) is -0.256. The topological polar surface area (TPSA) is 61.0 Å². The zero-order chi connectivity index (χ0) is 22.0. The Morgan fingerprint density at radius 3 is 2.47 bits per heavy atom. The van der Waals surface area contributed by atoms with E-state index in [1.807, 2.05) is 20.8 Å². The number of alkyl halides is 2. The first-order valence-electron chi connectivity index (χ1n) is 9.61. The Kier molecular flexibility index (Phi) is 6.55. The minimum absolute atomic E-state index is 0.0249. The van der Waals surface area contributed by atoms with Crippen LogP contribution in [0.3, 0.4) is 0 Å². The summed E-state index contributed by atoms with van der Waals surface area (Å²) in [4.78, 5) is 7.99. The van der Waals surface area contributed by atoms with Gasteiger partial charge in [0, 0.05) is 41.4 Å². The number of rotatable bonds is 7. The van der Waals surface area contributed by atoms with Crippen molar-refractivity contribution in [2.75, 3.05) is 0 Å². The number of pyridine rings is 2. The van der Waals surface area contributed by atoms with Crippen LogP contribution in [0.4, 0.5) is 17.6 Å². The summed E-state index contributed by atoms with van der Waals surface area (Å²) in [5, 5.41) is 0.0249. The van der Waals surface area contributed by atoms with E-state index in [-0.39, 0.29) is 33.8 Å². The molecule has 0 bridgehead atoms. The maximum Gasteiger partial charge on any atom is 0.269 e. The molecule has 0 aliphatic heterocycles. The maximum absolute atomic E-state index is 14.4. The summed E-state index contributed by atoms with van der Waals surface area (Å²) in [7, 11) is 0. The molecule has 8 heteroatoms. The van der Waals surface area contributed by atoms with Gasteiger partial charge in [-0.3, -0.25) is 10.7 Å². The average Bonchev–Trinajstić information content (AvgIpc) is 2.66. The third-order valence-corrected chi connectivity index (χ3v) is 4.84. The van der Waals surface area contributed by atoms with Crippen LogP contribution in [0.1, 0.15) is 39.2 Å². The van der Waals surface area contributed by atoms with Crippen molar-refractivity contribution < 1.29 is 22.3 Å². The summed E-state index contributed by atoms with van der Waals surface area (Å²) in [5.74, 6) is -1.56. The van der Waals surface area contributed by atoms with Gasteiger partial charge in [0.25, 0.3) is 6.43 Å². The van der Waals surface area contributed by atoms with Crippen molar-refractivity contribution in [1.29, 1.82) is 0 Å². The number of nitrogens with two attached hydrogens (primary N) is 1. The van der Waals surface area contributed by atoms with Crippen LogP contribution in [-0.4, -0.2) is 16.2 Å². The van der Waals surface area contributed by atoms with E-state index in [2.05, 4.69) is 9.97 Å². The van der Waals surface area contributed by atoms with Gasteiger partial charge in [0.2, 0.25) is 5.88 Å². The fraction of sp³-hybridized carbons (Fsp3) is 0.364. The SMILES string of the molecule is CC(C)CC(C)[C@@H](N)Oc1ncc(-c2ccnc3cc(F)cc(F)c23)cc1C(F)F. The molecule has 0 saturated heterocycles. The highest BCUT2D eigenvalue weighted by molar-refractivity contribution is 5.94. The lowest BCUT2D eigenvalue weighted by Gasteiger charge is -2.23. The van der Waals surface area contributed by atoms with Gasteiger partial charge in [-0.05, 0) is 30.0 Å². The predicted octanol–water partition coefficient (Wildman–Crippen LogP) is 5.86. The van der Waals surface area contributed by atoms with Gasteiger partial charge in [-0.25, -0.2) is 22.5 Å². The zero-order valence-corrected chi connectivity index (χ0v) is 16.9. The van der Waals surface area contributed by atoms with Crippen LogP contribution in [0.25, 0.3) is 22.0 Å². The highest BCUT2D eigenvalue weighted by atomic mass is 19.3. The van der Waals surface area contributed by atoms with E-state index in [1.54, 1.807) is 0 Å². The van der Waals surface area contributed by atoms with Crippen LogP contribution < -0.4 is 10.5 Å². The van der Waals surface area contributed by atoms with Gasteiger partial charge in [-0.2, -0.15) is 0 Å². The van der Waals surface area contributed by atoms with Gasteiger partial charge in [-0.1, -0.05) is 20.8 Å². The van der Waals surface area contributed by atoms with E-state index in [0.29, 0.717) is 5.92 Å². The van der Waals surface area contributed by atoms with Crippen LogP contribution in [0.2, 0.25) is 0 Å². The van der Waals surface area contributed by atoms with E-state index in [1.165, 1.54) is 24.5 Å². The van der Waals surface area contributed by atoms with Crippen molar-refractivity contribution in [1.82, 2.24) is 9.97 Å². The summed E-state index contributed by atoms with van der Waals surface area (Å²) in [6, 6.07) is 4.45.